The molecule has 1 aromatic heterocycles. The fraction of sp³-hybridized carbons (Fsp3) is 0.591. The molecule has 3 rings (SSSR count). The number of hydrogen-bond acceptors (Lipinski definition) is 2. The maximum Gasteiger partial charge on any atom is 0.417 e. The van der Waals surface area contributed by atoms with Gasteiger partial charge in [-0.3, -0.25) is 4.79 Å². The van der Waals surface area contributed by atoms with Gasteiger partial charge in [0, 0.05) is 30.2 Å². The Morgan fingerprint density at radius 3 is 2.47 bits per heavy atom. The van der Waals surface area contributed by atoms with Crippen LogP contribution in [0.3, 0.4) is 0 Å². The van der Waals surface area contributed by atoms with E-state index in [1.807, 2.05) is 13.8 Å². The van der Waals surface area contributed by atoms with E-state index in [9.17, 15) is 27.5 Å². The number of aliphatic hydroxyl groups is 1. The molecule has 0 spiro atoms. The predicted octanol–water partition coefficient (Wildman–Crippen LogP) is 5.33. The minimum atomic E-state index is -4.60. The molecule has 4 nitrogen and oxygen atoms in total. The second kappa shape index (κ2) is 9.81. The lowest BCUT2D eigenvalue weighted by atomic mass is 9.81. The molecule has 0 unspecified atom stereocenters. The number of halogens is 4. The second-order valence-electron chi connectivity index (χ2n) is 7.72. The maximum absolute atomic E-state index is 13.9. The molecular weight excluding hydrogens is 400 g/mol. The molecule has 1 saturated carbocycles. The Hall–Kier alpha value is -2.09. The second-order valence-corrected chi connectivity index (χ2v) is 7.72. The molecule has 1 fully saturated rings. The Morgan fingerprint density at radius 2 is 1.90 bits per heavy atom. The van der Waals surface area contributed by atoms with Gasteiger partial charge in [0.2, 0.25) is 0 Å². The smallest absolute Gasteiger partial charge is 0.395 e. The van der Waals surface area contributed by atoms with Crippen molar-refractivity contribution in [2.45, 2.75) is 64.8 Å². The van der Waals surface area contributed by atoms with Gasteiger partial charge in [-0.2, -0.15) is 13.2 Å². The normalized spacial score (nSPS) is 21.8. The first kappa shape index (κ1) is 24.2. The molecule has 30 heavy (non-hydrogen) atoms. The highest BCUT2D eigenvalue weighted by Gasteiger charge is 2.35. The van der Waals surface area contributed by atoms with Crippen LogP contribution in [0.25, 0.3) is 10.9 Å². The molecule has 0 aliphatic heterocycles. The zero-order valence-electron chi connectivity index (χ0n) is 17.7. The van der Waals surface area contributed by atoms with Crippen molar-refractivity contribution < 1.29 is 27.5 Å². The van der Waals surface area contributed by atoms with Crippen LogP contribution in [0.2, 0.25) is 0 Å². The van der Waals surface area contributed by atoms with Crippen molar-refractivity contribution in [3.8, 4) is 0 Å². The van der Waals surface area contributed by atoms with Crippen LogP contribution in [-0.2, 0) is 12.7 Å². The van der Waals surface area contributed by atoms with Crippen LogP contribution in [0.5, 0.6) is 0 Å². The van der Waals surface area contributed by atoms with Gasteiger partial charge in [-0.1, -0.05) is 19.9 Å². The number of carbonyl (C=O) groups is 1. The minimum absolute atomic E-state index is 0.0671. The number of hydrogen-bond donors (Lipinski definition) is 2. The van der Waals surface area contributed by atoms with E-state index in [0.29, 0.717) is 32.2 Å². The van der Waals surface area contributed by atoms with Gasteiger partial charge in [0.15, 0.2) is 0 Å². The number of nitrogens with one attached hydrogen (secondary N) is 1. The van der Waals surface area contributed by atoms with Crippen LogP contribution in [0.1, 0.15) is 62.4 Å². The van der Waals surface area contributed by atoms with E-state index in [1.165, 1.54) is 22.9 Å². The molecule has 1 heterocycles. The molecule has 0 bridgehead atoms. The first-order valence-electron chi connectivity index (χ1n) is 10.4. The Labute approximate surface area is 174 Å². The highest BCUT2D eigenvalue weighted by atomic mass is 19.4. The fourth-order valence-electron chi connectivity index (χ4n) is 3.87. The van der Waals surface area contributed by atoms with E-state index >= 15 is 0 Å². The predicted molar refractivity (Wildman–Crippen MR) is 109 cm³/mol. The van der Waals surface area contributed by atoms with E-state index in [4.69, 9.17) is 0 Å². The molecular formula is C22H30F4N2O2. The lowest BCUT2D eigenvalue weighted by Crippen LogP contribution is -2.34. The average Bonchev–Trinajstić information content (AvgIpc) is 3.07. The largest absolute Gasteiger partial charge is 0.417 e. The van der Waals surface area contributed by atoms with Crippen molar-refractivity contribution in [1.29, 1.82) is 0 Å². The summed E-state index contributed by atoms with van der Waals surface area (Å²) in [5.41, 5.74) is -1.88. The summed E-state index contributed by atoms with van der Waals surface area (Å²) in [4.78, 5) is 12.7. The third-order valence-electron chi connectivity index (χ3n) is 5.50. The van der Waals surface area contributed by atoms with E-state index in [0.717, 1.165) is 6.07 Å². The summed E-state index contributed by atoms with van der Waals surface area (Å²) in [6.07, 6.45) is -1.15. The summed E-state index contributed by atoms with van der Waals surface area (Å²) in [5, 5.41) is 11.7. The lowest BCUT2D eigenvalue weighted by Gasteiger charge is -2.31. The summed E-state index contributed by atoms with van der Waals surface area (Å²) < 4.78 is 55.8. The molecule has 1 amide bonds. The van der Waals surface area contributed by atoms with Crippen molar-refractivity contribution in [3.63, 3.8) is 0 Å². The van der Waals surface area contributed by atoms with Gasteiger partial charge in [0.1, 0.15) is 5.67 Å². The monoisotopic (exact) mass is 430 g/mol. The van der Waals surface area contributed by atoms with Gasteiger partial charge in [0.25, 0.3) is 5.91 Å². The molecule has 0 saturated heterocycles. The molecule has 2 N–H and O–H groups in total. The number of rotatable bonds is 5. The van der Waals surface area contributed by atoms with Crippen LogP contribution >= 0.6 is 0 Å². The lowest BCUT2D eigenvalue weighted by molar-refractivity contribution is -0.136. The van der Waals surface area contributed by atoms with Crippen LogP contribution in [0.4, 0.5) is 17.6 Å². The molecule has 0 radical (unpaired) electrons. The van der Waals surface area contributed by atoms with Gasteiger partial charge in [-0.15, -0.1) is 0 Å². The molecule has 0 atom stereocenters. The molecule has 1 aromatic carbocycles. The topological polar surface area (TPSA) is 54.3 Å². The molecule has 2 aromatic rings. The van der Waals surface area contributed by atoms with Gasteiger partial charge in [-0.05, 0) is 50.7 Å². The molecule has 1 aliphatic rings. The molecule has 168 valence electrons. The van der Waals surface area contributed by atoms with Crippen molar-refractivity contribution in [3.05, 3.63) is 35.5 Å². The highest BCUT2D eigenvalue weighted by Crippen LogP contribution is 2.37. The van der Waals surface area contributed by atoms with E-state index in [-0.39, 0.29) is 35.5 Å². The zero-order valence-corrected chi connectivity index (χ0v) is 17.7. The van der Waals surface area contributed by atoms with Crippen LogP contribution in [0.15, 0.2) is 24.4 Å². The van der Waals surface area contributed by atoms with Gasteiger partial charge in [0.05, 0.1) is 17.7 Å². The van der Waals surface area contributed by atoms with Crippen molar-refractivity contribution in [1.82, 2.24) is 9.88 Å². The van der Waals surface area contributed by atoms with Crippen LogP contribution < -0.4 is 5.32 Å². The van der Waals surface area contributed by atoms with E-state index in [2.05, 4.69) is 5.32 Å². The number of amides is 1. The number of fused-ring (bicyclic) bond motifs is 1. The fourth-order valence-corrected chi connectivity index (χ4v) is 3.87. The number of carbonyl (C=O) groups excluding carboxylic acids is 1. The SMILES string of the molecule is CC.CC1(F)CCC(CNC(=O)c2cn(CCO)c3cccc(C(F)(F)F)c23)CC1. The van der Waals surface area contributed by atoms with Crippen molar-refractivity contribution >= 4 is 16.8 Å². The summed E-state index contributed by atoms with van der Waals surface area (Å²) >= 11 is 0. The van der Waals surface area contributed by atoms with E-state index in [1.54, 1.807) is 6.92 Å². The Morgan fingerprint density at radius 1 is 1.27 bits per heavy atom. The maximum atomic E-state index is 13.9. The van der Waals surface area contributed by atoms with Gasteiger partial charge < -0.3 is 15.0 Å². The Balaban J connectivity index is 0.00000155. The van der Waals surface area contributed by atoms with E-state index < -0.39 is 23.3 Å². The highest BCUT2D eigenvalue weighted by molar-refractivity contribution is 6.08. The third kappa shape index (κ3) is 5.53. The molecule has 1 aliphatic carbocycles. The Kier molecular flexibility index (Phi) is 7.91. The summed E-state index contributed by atoms with van der Waals surface area (Å²) in [6, 6.07) is 3.74. The summed E-state index contributed by atoms with van der Waals surface area (Å²) in [7, 11) is 0. The van der Waals surface area contributed by atoms with Crippen LogP contribution in [-0.4, -0.2) is 34.4 Å². The average molecular weight is 430 g/mol. The first-order valence-corrected chi connectivity index (χ1v) is 10.4. The van der Waals surface area contributed by atoms with Crippen molar-refractivity contribution in [2.75, 3.05) is 13.2 Å². The first-order chi connectivity index (χ1) is 14.1. The van der Waals surface area contributed by atoms with Gasteiger partial charge >= 0.3 is 6.18 Å². The molecule has 8 heteroatoms. The Bertz CT molecular complexity index is 849. The van der Waals surface area contributed by atoms with Crippen LogP contribution in [0, 0.1) is 5.92 Å². The number of benzene rings is 1. The number of aliphatic hydroxyl groups excluding tert-OH is 1. The van der Waals surface area contributed by atoms with Crippen molar-refractivity contribution in [2.24, 2.45) is 5.92 Å². The number of nitrogens with zero attached hydrogens (tertiary/aromatic N) is 1. The third-order valence-corrected chi connectivity index (χ3v) is 5.50. The summed E-state index contributed by atoms with van der Waals surface area (Å²) in [5.74, 6) is -0.479. The summed E-state index contributed by atoms with van der Waals surface area (Å²) in [6.45, 7) is 5.69. The minimum Gasteiger partial charge on any atom is -0.395 e. The number of alkyl halides is 4. The number of aromatic nitrogens is 1. The van der Waals surface area contributed by atoms with Gasteiger partial charge in [-0.25, -0.2) is 4.39 Å². The standard InChI is InChI=1S/C20H24F4N2O2.C2H6/c1-19(21)7-5-13(6-8-19)11-25-18(28)14-12-26(9-10-27)16-4-2-3-15(17(14)16)20(22,23)24;1-2/h2-4,12-13,27H,5-11H2,1H3,(H,25,28);1-2H3. The quantitative estimate of drug-likeness (QED) is 0.631. The zero-order chi connectivity index (χ0) is 22.5.